The Morgan fingerprint density at radius 3 is 1.88 bits per heavy atom. The lowest BCUT2D eigenvalue weighted by atomic mass is 9.97. The van der Waals surface area contributed by atoms with Gasteiger partial charge in [0, 0.05) is 0 Å². The van der Waals surface area contributed by atoms with Crippen LogP contribution < -0.4 is 33.2 Å². The average Bonchev–Trinajstić information content (AvgIpc) is 2.72. The number of nitrogens with one attached hydrogen (secondary N) is 3. The van der Waals surface area contributed by atoms with Gasteiger partial charge in [-0.3, -0.25) is 24.0 Å². The topological polar surface area (TPSA) is 237 Å². The first-order valence-corrected chi connectivity index (χ1v) is 11.7. The fourth-order valence-electron chi connectivity index (χ4n) is 2.71. The highest BCUT2D eigenvalue weighted by Crippen LogP contribution is 2.11. The van der Waals surface area contributed by atoms with E-state index >= 15 is 0 Å². The molecule has 0 spiro atoms. The molecule has 0 aliphatic carbocycles. The molecule has 0 aliphatic heterocycles. The van der Waals surface area contributed by atoms with Crippen molar-refractivity contribution in [3.63, 3.8) is 0 Å². The Labute approximate surface area is 196 Å². The third-order valence-electron chi connectivity index (χ3n) is 4.81. The molecule has 0 aromatic carbocycles. The van der Waals surface area contributed by atoms with E-state index in [1.54, 1.807) is 20.1 Å². The molecule has 0 aliphatic rings. The van der Waals surface area contributed by atoms with Crippen molar-refractivity contribution in [3.05, 3.63) is 0 Å². The fraction of sp³-hybridized carbons (Fsp3) is 0.684. The van der Waals surface area contributed by atoms with Gasteiger partial charge >= 0.3 is 5.97 Å². The first kappa shape index (κ1) is 30.1. The lowest BCUT2D eigenvalue weighted by Crippen LogP contribution is -2.59. The van der Waals surface area contributed by atoms with Crippen LogP contribution >= 0.6 is 11.8 Å². The second kappa shape index (κ2) is 15.1. The highest BCUT2D eigenvalue weighted by Gasteiger charge is 2.33. The Morgan fingerprint density at radius 2 is 1.42 bits per heavy atom. The van der Waals surface area contributed by atoms with Gasteiger partial charge in [0.05, 0.1) is 18.9 Å². The number of amides is 5. The van der Waals surface area contributed by atoms with Crippen LogP contribution in [-0.2, 0) is 28.8 Å². The smallest absolute Gasteiger partial charge is 0.326 e. The van der Waals surface area contributed by atoms with Gasteiger partial charge in [-0.05, 0) is 24.3 Å². The number of carboxylic acid groups (broad SMARTS) is 1. The predicted octanol–water partition coefficient (Wildman–Crippen LogP) is -2.60. The van der Waals surface area contributed by atoms with Crippen LogP contribution in [0.25, 0.3) is 0 Å². The van der Waals surface area contributed by atoms with Crippen LogP contribution in [0.1, 0.15) is 39.5 Å². The molecule has 5 amide bonds. The quantitative estimate of drug-likeness (QED) is 0.120. The van der Waals surface area contributed by atoms with E-state index in [1.807, 2.05) is 0 Å². The molecule has 0 rings (SSSR count). The van der Waals surface area contributed by atoms with E-state index in [0.29, 0.717) is 12.2 Å². The van der Waals surface area contributed by atoms with E-state index in [0.717, 1.165) is 0 Å². The molecule has 10 N–H and O–H groups in total. The van der Waals surface area contributed by atoms with Crippen molar-refractivity contribution in [1.82, 2.24) is 16.0 Å². The predicted molar refractivity (Wildman–Crippen MR) is 121 cm³/mol. The fourth-order valence-corrected chi connectivity index (χ4v) is 3.18. The standard InChI is InChI=1S/C19H34N6O7S/c1-4-9(2)15(18(30)24-12(19(31)32)8-14(22)27)25-17(29)11(5-6-33-3)23-16(28)10(20)7-13(21)26/h9-12,15H,4-8,20H2,1-3H3,(H2,21,26)(H2,22,27)(H,23,28)(H,24,30)(H,25,29)(H,31,32). The minimum atomic E-state index is -1.56. The lowest BCUT2D eigenvalue weighted by Gasteiger charge is -2.28. The number of hydrogen-bond donors (Lipinski definition) is 7. The Hall–Kier alpha value is -2.87. The third-order valence-corrected chi connectivity index (χ3v) is 5.46. The molecule has 0 fully saturated rings. The maximum absolute atomic E-state index is 12.9. The molecule has 0 aromatic rings. The highest BCUT2D eigenvalue weighted by atomic mass is 32.2. The van der Waals surface area contributed by atoms with Gasteiger partial charge in [0.25, 0.3) is 0 Å². The van der Waals surface area contributed by atoms with Crippen molar-refractivity contribution in [2.24, 2.45) is 23.1 Å². The van der Waals surface area contributed by atoms with Crippen LogP contribution in [0, 0.1) is 5.92 Å². The summed E-state index contributed by atoms with van der Waals surface area (Å²) in [6.45, 7) is 3.44. The minimum absolute atomic E-state index is 0.205. The van der Waals surface area contributed by atoms with Crippen molar-refractivity contribution in [3.8, 4) is 0 Å². The number of thioether (sulfide) groups is 1. The molecule has 0 saturated heterocycles. The highest BCUT2D eigenvalue weighted by molar-refractivity contribution is 7.98. The van der Waals surface area contributed by atoms with Gasteiger partial charge < -0.3 is 38.3 Å². The van der Waals surface area contributed by atoms with Crippen LogP contribution in [0.2, 0.25) is 0 Å². The van der Waals surface area contributed by atoms with Gasteiger partial charge in [-0.1, -0.05) is 20.3 Å². The average molecular weight is 491 g/mol. The van der Waals surface area contributed by atoms with E-state index in [4.69, 9.17) is 17.2 Å². The molecule has 0 heterocycles. The largest absolute Gasteiger partial charge is 0.480 e. The summed E-state index contributed by atoms with van der Waals surface area (Å²) in [6, 6.07) is -5.02. The van der Waals surface area contributed by atoms with Crippen molar-refractivity contribution >= 4 is 47.3 Å². The van der Waals surface area contributed by atoms with E-state index in [-0.39, 0.29) is 6.42 Å². The van der Waals surface area contributed by atoms with Gasteiger partial charge in [-0.2, -0.15) is 11.8 Å². The van der Waals surface area contributed by atoms with Crippen LogP contribution in [-0.4, -0.2) is 76.8 Å². The Morgan fingerprint density at radius 1 is 0.879 bits per heavy atom. The van der Waals surface area contributed by atoms with Crippen LogP contribution in [0.3, 0.4) is 0 Å². The third kappa shape index (κ3) is 11.5. The van der Waals surface area contributed by atoms with E-state index in [9.17, 15) is 33.9 Å². The molecule has 14 heteroatoms. The first-order chi connectivity index (χ1) is 15.3. The van der Waals surface area contributed by atoms with Crippen LogP contribution in [0.15, 0.2) is 0 Å². The lowest BCUT2D eigenvalue weighted by molar-refractivity contribution is -0.144. The van der Waals surface area contributed by atoms with E-state index in [2.05, 4.69) is 16.0 Å². The number of carbonyl (C=O) groups is 6. The zero-order valence-corrected chi connectivity index (χ0v) is 19.8. The summed E-state index contributed by atoms with van der Waals surface area (Å²) in [6.07, 6.45) is 1.44. The summed E-state index contributed by atoms with van der Waals surface area (Å²) < 4.78 is 0. The van der Waals surface area contributed by atoms with Crippen LogP contribution in [0.4, 0.5) is 0 Å². The summed E-state index contributed by atoms with van der Waals surface area (Å²) >= 11 is 1.42. The molecule has 5 unspecified atom stereocenters. The molecular weight excluding hydrogens is 456 g/mol. The van der Waals surface area contributed by atoms with Crippen molar-refractivity contribution in [2.75, 3.05) is 12.0 Å². The summed E-state index contributed by atoms with van der Waals surface area (Å²) in [4.78, 5) is 71.4. The Bertz CT molecular complexity index is 735. The number of hydrogen-bond acceptors (Lipinski definition) is 8. The van der Waals surface area contributed by atoms with Gasteiger partial charge in [0.2, 0.25) is 29.5 Å². The van der Waals surface area contributed by atoms with E-state index < -0.39 is 78.4 Å². The molecule has 0 radical (unpaired) electrons. The normalized spacial score (nSPS) is 15.3. The second-order valence-electron chi connectivity index (χ2n) is 7.56. The molecule has 0 bridgehead atoms. The van der Waals surface area contributed by atoms with Crippen LogP contribution in [0.5, 0.6) is 0 Å². The van der Waals surface area contributed by atoms with E-state index in [1.165, 1.54) is 11.8 Å². The molecule has 188 valence electrons. The summed E-state index contributed by atoms with van der Waals surface area (Å²) in [5, 5.41) is 16.4. The number of rotatable bonds is 16. The van der Waals surface area contributed by atoms with Gasteiger partial charge in [-0.25, -0.2) is 4.79 Å². The van der Waals surface area contributed by atoms with Crippen molar-refractivity contribution < 1.29 is 33.9 Å². The maximum Gasteiger partial charge on any atom is 0.326 e. The Kier molecular flexibility index (Phi) is 13.7. The first-order valence-electron chi connectivity index (χ1n) is 10.3. The van der Waals surface area contributed by atoms with Gasteiger partial charge in [0.1, 0.15) is 18.1 Å². The number of primary amides is 2. The zero-order chi connectivity index (χ0) is 25.7. The molecule has 0 saturated carbocycles. The van der Waals surface area contributed by atoms with Gasteiger partial charge in [-0.15, -0.1) is 0 Å². The maximum atomic E-state index is 12.9. The minimum Gasteiger partial charge on any atom is -0.480 e. The van der Waals surface area contributed by atoms with Crippen molar-refractivity contribution in [1.29, 1.82) is 0 Å². The Balaban J connectivity index is 5.54. The summed E-state index contributed by atoms with van der Waals surface area (Å²) in [5.41, 5.74) is 15.7. The number of aliphatic carboxylic acids is 1. The molecule has 5 atom stereocenters. The molecule has 13 nitrogen and oxygen atoms in total. The number of nitrogens with two attached hydrogens (primary N) is 3. The summed E-state index contributed by atoms with van der Waals surface area (Å²) in [5.74, 6) is -5.33. The number of carbonyl (C=O) groups excluding carboxylic acids is 5. The van der Waals surface area contributed by atoms with Crippen molar-refractivity contribution in [2.45, 2.75) is 63.7 Å². The summed E-state index contributed by atoms with van der Waals surface area (Å²) in [7, 11) is 0. The SMILES string of the molecule is CCC(C)C(NC(=O)C(CCSC)NC(=O)C(N)CC(N)=O)C(=O)NC(CC(N)=O)C(=O)O. The number of carboxylic acids is 1. The molecule has 0 aromatic heterocycles. The second-order valence-corrected chi connectivity index (χ2v) is 8.55. The van der Waals surface area contributed by atoms with Gasteiger partial charge in [0.15, 0.2) is 0 Å². The molecular formula is C19H34N6O7S. The monoisotopic (exact) mass is 490 g/mol. The zero-order valence-electron chi connectivity index (χ0n) is 19.0. The molecule has 33 heavy (non-hydrogen) atoms.